The zero-order valence-corrected chi connectivity index (χ0v) is 10.2. The molecule has 0 unspecified atom stereocenters. The van der Waals surface area contributed by atoms with E-state index in [1.54, 1.807) is 0 Å². The van der Waals surface area contributed by atoms with Crippen molar-refractivity contribution in [1.82, 2.24) is 4.90 Å². The van der Waals surface area contributed by atoms with Gasteiger partial charge in [0.05, 0.1) is 13.2 Å². The molecule has 0 fully saturated rings. The summed E-state index contributed by atoms with van der Waals surface area (Å²) in [5, 5.41) is 0. The summed E-state index contributed by atoms with van der Waals surface area (Å²) in [4.78, 5) is 23.0. The van der Waals surface area contributed by atoms with E-state index in [0.29, 0.717) is 26.1 Å². The minimum atomic E-state index is -0.450. The van der Waals surface area contributed by atoms with Crippen molar-refractivity contribution in [2.75, 3.05) is 53.9 Å². The molecule has 100 valence electrons. The van der Waals surface area contributed by atoms with E-state index in [4.69, 9.17) is 9.47 Å². The summed E-state index contributed by atoms with van der Waals surface area (Å²) in [6.07, 6.45) is 0.681. The van der Waals surface area contributed by atoms with E-state index in [1.807, 2.05) is 0 Å². The SMILES string of the molecule is COCOCCN(C=O)CCOC(=O)COC. The van der Waals surface area contributed by atoms with E-state index in [9.17, 15) is 9.59 Å². The smallest absolute Gasteiger partial charge is 0.332 e. The predicted molar refractivity (Wildman–Crippen MR) is 58.3 cm³/mol. The van der Waals surface area contributed by atoms with Gasteiger partial charge in [0.1, 0.15) is 20.0 Å². The highest BCUT2D eigenvalue weighted by Gasteiger charge is 2.04. The van der Waals surface area contributed by atoms with Crippen molar-refractivity contribution in [3.8, 4) is 0 Å². The van der Waals surface area contributed by atoms with Crippen LogP contribution in [0.5, 0.6) is 0 Å². The van der Waals surface area contributed by atoms with Crippen LogP contribution in [0.4, 0.5) is 0 Å². The minimum absolute atomic E-state index is 0.0853. The third kappa shape index (κ3) is 9.73. The van der Waals surface area contributed by atoms with Gasteiger partial charge in [-0.2, -0.15) is 0 Å². The molecule has 0 aromatic rings. The van der Waals surface area contributed by atoms with Crippen molar-refractivity contribution < 1.29 is 28.5 Å². The molecule has 7 nitrogen and oxygen atoms in total. The summed E-state index contributed by atoms with van der Waals surface area (Å²) < 4.78 is 19.1. The van der Waals surface area contributed by atoms with Crippen LogP contribution in [0.25, 0.3) is 0 Å². The Morgan fingerprint density at radius 3 is 2.47 bits per heavy atom. The molecular formula is C10H19NO6. The minimum Gasteiger partial charge on any atom is -0.462 e. The lowest BCUT2D eigenvalue weighted by molar-refractivity contribution is -0.149. The highest BCUT2D eigenvalue weighted by molar-refractivity contribution is 5.70. The van der Waals surface area contributed by atoms with Gasteiger partial charge in [-0.1, -0.05) is 0 Å². The Kier molecular flexibility index (Phi) is 10.5. The molecule has 0 aliphatic carbocycles. The van der Waals surface area contributed by atoms with Crippen molar-refractivity contribution in [1.29, 1.82) is 0 Å². The summed E-state index contributed by atoms with van der Waals surface area (Å²) in [5.41, 5.74) is 0. The molecule has 17 heavy (non-hydrogen) atoms. The lowest BCUT2D eigenvalue weighted by atomic mass is 10.5. The maximum absolute atomic E-state index is 10.9. The Balaban J connectivity index is 3.53. The second kappa shape index (κ2) is 11.3. The van der Waals surface area contributed by atoms with Crippen LogP contribution in [0.3, 0.4) is 0 Å². The summed E-state index contributed by atoms with van der Waals surface area (Å²) in [7, 11) is 2.93. The number of amides is 1. The third-order valence-electron chi connectivity index (χ3n) is 1.78. The molecule has 0 aliphatic heterocycles. The number of hydrogen-bond donors (Lipinski definition) is 0. The Bertz CT molecular complexity index is 211. The van der Waals surface area contributed by atoms with Crippen LogP contribution in [-0.4, -0.2) is 71.2 Å². The van der Waals surface area contributed by atoms with Gasteiger partial charge >= 0.3 is 5.97 Å². The van der Waals surface area contributed by atoms with Gasteiger partial charge in [-0.25, -0.2) is 4.79 Å². The fourth-order valence-electron chi connectivity index (χ4n) is 0.978. The Hall–Kier alpha value is -1.18. The number of carbonyl (C=O) groups excluding carboxylic acids is 2. The number of esters is 1. The molecule has 0 saturated carbocycles. The van der Waals surface area contributed by atoms with Crippen LogP contribution in [0.15, 0.2) is 0 Å². The first-order valence-electron chi connectivity index (χ1n) is 5.15. The summed E-state index contributed by atoms with van der Waals surface area (Å²) in [5.74, 6) is -0.450. The molecule has 0 aromatic heterocycles. The molecule has 1 amide bonds. The number of nitrogens with zero attached hydrogens (tertiary/aromatic N) is 1. The lowest BCUT2D eigenvalue weighted by Crippen LogP contribution is -2.31. The van der Waals surface area contributed by atoms with Crippen LogP contribution in [0, 0.1) is 0 Å². The molecule has 0 N–H and O–H groups in total. The summed E-state index contributed by atoms with van der Waals surface area (Å²) >= 11 is 0. The van der Waals surface area contributed by atoms with Crippen LogP contribution in [0.1, 0.15) is 0 Å². The van der Waals surface area contributed by atoms with E-state index < -0.39 is 5.97 Å². The van der Waals surface area contributed by atoms with Crippen molar-refractivity contribution >= 4 is 12.4 Å². The van der Waals surface area contributed by atoms with Crippen molar-refractivity contribution in [3.63, 3.8) is 0 Å². The average Bonchev–Trinajstić information content (AvgIpc) is 2.32. The first-order valence-corrected chi connectivity index (χ1v) is 5.15. The van der Waals surface area contributed by atoms with Crippen LogP contribution in [0.2, 0.25) is 0 Å². The number of hydrogen-bond acceptors (Lipinski definition) is 6. The van der Waals surface area contributed by atoms with Crippen LogP contribution < -0.4 is 0 Å². The molecule has 0 rings (SSSR count). The number of carbonyl (C=O) groups is 2. The molecule has 0 spiro atoms. The van der Waals surface area contributed by atoms with E-state index in [0.717, 1.165) is 0 Å². The van der Waals surface area contributed by atoms with Crippen molar-refractivity contribution in [3.05, 3.63) is 0 Å². The molecule has 0 saturated heterocycles. The molecule has 0 heterocycles. The van der Waals surface area contributed by atoms with Gasteiger partial charge in [-0.3, -0.25) is 4.79 Å². The van der Waals surface area contributed by atoms with Gasteiger partial charge in [-0.05, 0) is 0 Å². The van der Waals surface area contributed by atoms with Gasteiger partial charge in [0.15, 0.2) is 0 Å². The van der Waals surface area contributed by atoms with Gasteiger partial charge in [-0.15, -0.1) is 0 Å². The quantitative estimate of drug-likeness (QED) is 0.208. The molecule has 0 atom stereocenters. The number of methoxy groups -OCH3 is 2. The van der Waals surface area contributed by atoms with E-state index >= 15 is 0 Å². The van der Waals surface area contributed by atoms with E-state index in [2.05, 4.69) is 9.47 Å². The predicted octanol–water partition coefficient (Wildman–Crippen LogP) is -0.745. The lowest BCUT2D eigenvalue weighted by Gasteiger charge is -2.16. The molecular weight excluding hydrogens is 230 g/mol. The van der Waals surface area contributed by atoms with Gasteiger partial charge < -0.3 is 23.8 Å². The maximum atomic E-state index is 10.9. The maximum Gasteiger partial charge on any atom is 0.332 e. The Labute approximate surface area is 101 Å². The van der Waals surface area contributed by atoms with Crippen molar-refractivity contribution in [2.24, 2.45) is 0 Å². The Morgan fingerprint density at radius 1 is 1.18 bits per heavy atom. The molecule has 0 aliphatic rings. The second-order valence-corrected chi connectivity index (χ2v) is 3.11. The highest BCUT2D eigenvalue weighted by atomic mass is 16.7. The van der Waals surface area contributed by atoms with Gasteiger partial charge in [0.25, 0.3) is 0 Å². The average molecular weight is 249 g/mol. The topological polar surface area (TPSA) is 74.3 Å². The van der Waals surface area contributed by atoms with Crippen molar-refractivity contribution in [2.45, 2.75) is 0 Å². The largest absolute Gasteiger partial charge is 0.462 e. The molecule has 0 aromatic carbocycles. The number of ether oxygens (including phenoxy) is 4. The van der Waals surface area contributed by atoms with E-state index in [-0.39, 0.29) is 20.0 Å². The number of rotatable bonds is 11. The van der Waals surface area contributed by atoms with Crippen LogP contribution in [-0.2, 0) is 28.5 Å². The normalized spacial score (nSPS) is 10.0. The van der Waals surface area contributed by atoms with Gasteiger partial charge in [0, 0.05) is 20.8 Å². The molecule has 0 bridgehead atoms. The van der Waals surface area contributed by atoms with Crippen LogP contribution >= 0.6 is 0 Å². The monoisotopic (exact) mass is 249 g/mol. The fourth-order valence-corrected chi connectivity index (χ4v) is 0.978. The summed E-state index contributed by atoms with van der Waals surface area (Å²) in [6, 6.07) is 0. The zero-order valence-electron chi connectivity index (χ0n) is 10.2. The standard InChI is InChI=1S/C10H19NO6/c1-14-7-10(13)17-6-4-11(8-12)3-5-16-9-15-2/h8H,3-7,9H2,1-2H3. The zero-order chi connectivity index (χ0) is 12.9. The third-order valence-corrected chi connectivity index (χ3v) is 1.78. The molecule has 7 heteroatoms. The fraction of sp³-hybridized carbons (Fsp3) is 0.800. The highest BCUT2D eigenvalue weighted by Crippen LogP contribution is 1.87. The summed E-state index contributed by atoms with van der Waals surface area (Å²) in [6.45, 7) is 1.38. The molecule has 0 radical (unpaired) electrons. The van der Waals surface area contributed by atoms with Gasteiger partial charge in [0.2, 0.25) is 6.41 Å². The Morgan fingerprint density at radius 2 is 1.88 bits per heavy atom. The first-order chi connectivity index (χ1) is 8.24. The second-order valence-electron chi connectivity index (χ2n) is 3.11. The first kappa shape index (κ1) is 15.8. The van der Waals surface area contributed by atoms with E-state index in [1.165, 1.54) is 19.1 Å².